The minimum absolute atomic E-state index is 0.384. The van der Waals surface area contributed by atoms with Crippen molar-refractivity contribution in [3.8, 4) is 27.4 Å². The van der Waals surface area contributed by atoms with Gasteiger partial charge in [0.2, 0.25) is 0 Å². The van der Waals surface area contributed by atoms with Crippen molar-refractivity contribution in [2.75, 3.05) is 5.75 Å². The van der Waals surface area contributed by atoms with Crippen LogP contribution in [0.4, 0.5) is 0 Å². The monoisotopic (exact) mass is 397 g/mol. The first-order chi connectivity index (χ1) is 12.8. The second kappa shape index (κ2) is 7.82. The van der Waals surface area contributed by atoms with E-state index in [2.05, 4.69) is 36.6 Å². The van der Waals surface area contributed by atoms with Crippen LogP contribution in [0.2, 0.25) is 0 Å². The van der Waals surface area contributed by atoms with Crippen molar-refractivity contribution < 1.29 is 5.11 Å². The minimum Gasteiger partial charge on any atom is -0.505 e. The number of pyridine rings is 1. The lowest BCUT2D eigenvalue weighted by Crippen LogP contribution is -1.85. The molecule has 1 aromatic carbocycles. The third kappa shape index (κ3) is 3.39. The Labute approximate surface area is 165 Å². The molecule has 3 aromatic heterocycles. The quantitative estimate of drug-likeness (QED) is 0.274. The van der Waals surface area contributed by atoms with Crippen molar-refractivity contribution in [1.82, 2.24) is 4.98 Å². The smallest absolute Gasteiger partial charge is 0.150 e. The molecular formula is C21H19NOS3. The van der Waals surface area contributed by atoms with E-state index >= 15 is 0 Å². The number of thioether (sulfide) groups is 1. The summed E-state index contributed by atoms with van der Waals surface area (Å²) in [4.78, 5) is 6.93. The van der Waals surface area contributed by atoms with E-state index in [-0.39, 0.29) is 0 Å². The zero-order valence-corrected chi connectivity index (χ0v) is 16.9. The Morgan fingerprint density at radius 2 is 1.96 bits per heavy atom. The molecule has 4 rings (SSSR count). The Morgan fingerprint density at radius 3 is 2.69 bits per heavy atom. The topological polar surface area (TPSA) is 33.1 Å². The summed E-state index contributed by atoms with van der Waals surface area (Å²) in [6.07, 6.45) is 2.31. The number of benzene rings is 1. The van der Waals surface area contributed by atoms with E-state index in [9.17, 15) is 5.11 Å². The summed E-state index contributed by atoms with van der Waals surface area (Å²) in [6, 6.07) is 16.5. The zero-order valence-electron chi connectivity index (χ0n) is 14.4. The molecule has 5 heteroatoms. The highest BCUT2D eigenvalue weighted by molar-refractivity contribution is 8.01. The van der Waals surface area contributed by atoms with Crippen LogP contribution in [0, 0.1) is 0 Å². The average Bonchev–Trinajstić information content (AvgIpc) is 3.31. The molecule has 3 heterocycles. The van der Waals surface area contributed by atoms with Crippen molar-refractivity contribution in [1.29, 1.82) is 0 Å². The maximum atomic E-state index is 10.9. The number of unbranched alkanes of at least 4 members (excludes halogenated alkanes) is 1. The fourth-order valence-corrected chi connectivity index (χ4v) is 5.96. The van der Waals surface area contributed by atoms with Crippen molar-refractivity contribution >= 4 is 44.7 Å². The number of rotatable bonds is 6. The molecule has 0 aliphatic carbocycles. The largest absolute Gasteiger partial charge is 0.505 e. The van der Waals surface area contributed by atoms with Gasteiger partial charge in [-0.25, -0.2) is 4.98 Å². The van der Waals surface area contributed by atoms with Crippen LogP contribution in [0.5, 0.6) is 5.75 Å². The SMILES string of the molecule is CCCCSc1sc2nc(-c3cccs3)cc(-c3ccccc3)c2c1O. The van der Waals surface area contributed by atoms with Crippen molar-refractivity contribution in [3.05, 3.63) is 53.9 Å². The maximum absolute atomic E-state index is 10.9. The van der Waals surface area contributed by atoms with E-state index in [1.54, 1.807) is 34.4 Å². The van der Waals surface area contributed by atoms with Gasteiger partial charge in [-0.1, -0.05) is 49.7 Å². The summed E-state index contributed by atoms with van der Waals surface area (Å²) < 4.78 is 0.974. The highest BCUT2D eigenvalue weighted by Gasteiger charge is 2.19. The standard InChI is InChI=1S/C21H19NOS3/c1-2-3-11-25-21-19(23)18-15(14-8-5-4-6-9-14)13-16(22-20(18)26-21)17-10-7-12-24-17/h4-10,12-13,23H,2-3,11H2,1H3. The van der Waals surface area contributed by atoms with E-state index in [1.807, 2.05) is 24.3 Å². The minimum atomic E-state index is 0.384. The lowest BCUT2D eigenvalue weighted by Gasteiger charge is -2.07. The van der Waals surface area contributed by atoms with Gasteiger partial charge in [0.05, 0.1) is 16.0 Å². The highest BCUT2D eigenvalue weighted by Crippen LogP contribution is 2.47. The van der Waals surface area contributed by atoms with Gasteiger partial charge in [0.15, 0.2) is 0 Å². The third-order valence-corrected chi connectivity index (χ3v) is 7.51. The van der Waals surface area contributed by atoms with Gasteiger partial charge >= 0.3 is 0 Å². The molecule has 132 valence electrons. The van der Waals surface area contributed by atoms with Crippen molar-refractivity contribution in [2.45, 2.75) is 24.0 Å². The number of hydrogen-bond acceptors (Lipinski definition) is 5. The van der Waals surface area contributed by atoms with E-state index in [4.69, 9.17) is 4.98 Å². The molecule has 0 fully saturated rings. The van der Waals surface area contributed by atoms with Crippen LogP contribution in [0.25, 0.3) is 31.9 Å². The Morgan fingerprint density at radius 1 is 1.12 bits per heavy atom. The van der Waals surface area contributed by atoms with E-state index in [0.717, 1.165) is 54.7 Å². The molecule has 4 aromatic rings. The molecule has 26 heavy (non-hydrogen) atoms. The molecular weight excluding hydrogens is 378 g/mol. The average molecular weight is 398 g/mol. The second-order valence-corrected chi connectivity index (χ2v) is 9.33. The number of aromatic hydroxyl groups is 1. The molecule has 0 saturated heterocycles. The van der Waals surface area contributed by atoms with Gasteiger partial charge in [-0.05, 0) is 40.8 Å². The fourth-order valence-electron chi connectivity index (χ4n) is 2.87. The molecule has 0 radical (unpaired) electrons. The summed E-state index contributed by atoms with van der Waals surface area (Å²) in [6.45, 7) is 2.19. The molecule has 0 amide bonds. The number of thiophene rings is 2. The molecule has 0 bridgehead atoms. The van der Waals surface area contributed by atoms with Gasteiger partial charge in [-0.3, -0.25) is 0 Å². The van der Waals surface area contributed by atoms with Crippen molar-refractivity contribution in [2.24, 2.45) is 0 Å². The van der Waals surface area contributed by atoms with Crippen LogP contribution in [0.15, 0.2) is 58.1 Å². The van der Waals surface area contributed by atoms with E-state index in [1.165, 1.54) is 0 Å². The molecule has 0 atom stereocenters. The normalized spacial score (nSPS) is 11.3. The van der Waals surface area contributed by atoms with Gasteiger partial charge < -0.3 is 5.11 Å². The first-order valence-electron chi connectivity index (χ1n) is 8.66. The summed E-state index contributed by atoms with van der Waals surface area (Å²) in [5.41, 5.74) is 3.13. The van der Waals surface area contributed by atoms with Gasteiger partial charge in [-0.15, -0.1) is 34.4 Å². The van der Waals surface area contributed by atoms with Crippen LogP contribution in [-0.2, 0) is 0 Å². The van der Waals surface area contributed by atoms with Crippen LogP contribution in [0.1, 0.15) is 19.8 Å². The summed E-state index contributed by atoms with van der Waals surface area (Å²) in [7, 11) is 0. The van der Waals surface area contributed by atoms with Crippen LogP contribution in [0.3, 0.4) is 0 Å². The third-order valence-electron chi connectivity index (χ3n) is 4.20. The molecule has 2 nitrogen and oxygen atoms in total. The fraction of sp³-hybridized carbons (Fsp3) is 0.190. The summed E-state index contributed by atoms with van der Waals surface area (Å²) >= 11 is 5.03. The Hall–Kier alpha value is -1.82. The summed E-state index contributed by atoms with van der Waals surface area (Å²) in [5, 5.41) is 13.9. The number of fused-ring (bicyclic) bond motifs is 1. The molecule has 0 spiro atoms. The Bertz CT molecular complexity index is 1010. The first-order valence-corrected chi connectivity index (χ1v) is 11.3. The van der Waals surface area contributed by atoms with Gasteiger partial charge in [0.1, 0.15) is 14.8 Å². The van der Waals surface area contributed by atoms with Crippen LogP contribution >= 0.6 is 34.4 Å². The van der Waals surface area contributed by atoms with Gasteiger partial charge in [-0.2, -0.15) is 0 Å². The number of nitrogens with zero attached hydrogens (tertiary/aromatic N) is 1. The lowest BCUT2D eigenvalue weighted by molar-refractivity contribution is 0.473. The van der Waals surface area contributed by atoms with E-state index < -0.39 is 0 Å². The van der Waals surface area contributed by atoms with E-state index in [0.29, 0.717) is 5.75 Å². The predicted octanol–water partition coefficient (Wildman–Crippen LogP) is 7.29. The Balaban J connectivity index is 1.90. The first kappa shape index (κ1) is 17.6. The van der Waals surface area contributed by atoms with Gasteiger partial charge in [0.25, 0.3) is 0 Å². The molecule has 1 N–H and O–H groups in total. The molecule has 0 aliphatic heterocycles. The van der Waals surface area contributed by atoms with Crippen LogP contribution in [-0.4, -0.2) is 15.8 Å². The second-order valence-electron chi connectivity index (χ2n) is 6.02. The summed E-state index contributed by atoms with van der Waals surface area (Å²) in [5.74, 6) is 1.41. The maximum Gasteiger partial charge on any atom is 0.150 e. The number of hydrogen-bond donors (Lipinski definition) is 1. The highest BCUT2D eigenvalue weighted by atomic mass is 32.2. The zero-order chi connectivity index (χ0) is 17.9. The van der Waals surface area contributed by atoms with Gasteiger partial charge in [0, 0.05) is 0 Å². The number of aromatic nitrogens is 1. The Kier molecular flexibility index (Phi) is 5.29. The van der Waals surface area contributed by atoms with Crippen molar-refractivity contribution in [3.63, 3.8) is 0 Å². The molecule has 0 aliphatic rings. The predicted molar refractivity (Wildman–Crippen MR) is 116 cm³/mol. The van der Waals surface area contributed by atoms with Crippen LogP contribution < -0.4 is 0 Å². The molecule has 0 saturated carbocycles. The lowest BCUT2D eigenvalue weighted by atomic mass is 10.0. The molecule has 0 unspecified atom stereocenters.